The maximum Gasteiger partial charge on any atom is 0.0659 e. The van der Waals surface area contributed by atoms with E-state index in [1.165, 1.54) is 50.5 Å². The van der Waals surface area contributed by atoms with Crippen molar-refractivity contribution in [1.82, 2.24) is 0 Å². The number of ether oxygens (including phenoxy) is 1. The van der Waals surface area contributed by atoms with Gasteiger partial charge in [0.25, 0.3) is 0 Å². The van der Waals surface area contributed by atoms with Gasteiger partial charge in [-0.1, -0.05) is 78.4 Å². The van der Waals surface area contributed by atoms with Gasteiger partial charge >= 0.3 is 0 Å². The predicted molar refractivity (Wildman–Crippen MR) is 120 cm³/mol. The molecule has 0 fully saturated rings. The molecular weight excluding hydrogens is 330 g/mol. The molecule has 0 aromatic heterocycles. The molecule has 1 rings (SSSR count). The minimum atomic E-state index is -0.0806. The van der Waals surface area contributed by atoms with Gasteiger partial charge in [0.1, 0.15) is 0 Å². The van der Waals surface area contributed by atoms with E-state index in [1.54, 1.807) is 0 Å². The molecular formula is C25H45NO. The van der Waals surface area contributed by atoms with Gasteiger partial charge in [-0.3, -0.25) is 0 Å². The molecule has 1 aromatic rings. The average Bonchev–Trinajstić information content (AvgIpc) is 2.58. The second kappa shape index (κ2) is 11.7. The van der Waals surface area contributed by atoms with Crippen molar-refractivity contribution in [3.63, 3.8) is 0 Å². The highest BCUT2D eigenvalue weighted by molar-refractivity contribution is 5.39. The zero-order valence-electron chi connectivity index (χ0n) is 18.9. The summed E-state index contributed by atoms with van der Waals surface area (Å²) in [4.78, 5) is 0. The van der Waals surface area contributed by atoms with Crippen LogP contribution < -0.4 is 5.73 Å². The Labute approximate surface area is 169 Å². The Morgan fingerprint density at radius 1 is 0.852 bits per heavy atom. The molecule has 0 spiro atoms. The Balaban J connectivity index is 2.44. The smallest absolute Gasteiger partial charge is 0.0659 e. The van der Waals surface area contributed by atoms with E-state index in [0.717, 1.165) is 25.1 Å². The molecule has 0 bridgehead atoms. The molecule has 0 amide bonds. The molecule has 1 unspecified atom stereocenters. The highest BCUT2D eigenvalue weighted by Gasteiger charge is 2.38. The highest BCUT2D eigenvalue weighted by atomic mass is 16.5. The summed E-state index contributed by atoms with van der Waals surface area (Å²) in [6.45, 7) is 14.8. The summed E-state index contributed by atoms with van der Waals surface area (Å²) >= 11 is 0. The zero-order chi connectivity index (χ0) is 20.3. The number of hydrogen-bond acceptors (Lipinski definition) is 2. The number of rotatable bonds is 13. The van der Waals surface area contributed by atoms with Crippen molar-refractivity contribution in [2.45, 2.75) is 105 Å². The lowest BCUT2D eigenvalue weighted by atomic mass is 9.69. The summed E-state index contributed by atoms with van der Waals surface area (Å²) in [5.74, 6) is 0.577. The molecule has 2 nitrogen and oxygen atoms in total. The molecule has 0 heterocycles. The van der Waals surface area contributed by atoms with Crippen LogP contribution in [0.15, 0.2) is 24.3 Å². The Bertz CT molecular complexity index is 498. The quantitative estimate of drug-likeness (QED) is 0.288. The molecule has 0 radical (unpaired) electrons. The van der Waals surface area contributed by atoms with Crippen LogP contribution in [0.4, 0.5) is 5.69 Å². The normalized spacial score (nSPS) is 13.7. The first kappa shape index (κ1) is 24.0. The van der Waals surface area contributed by atoms with Crippen LogP contribution in [-0.2, 0) is 11.2 Å². The molecule has 1 atom stereocenters. The fourth-order valence-electron chi connectivity index (χ4n) is 4.35. The number of anilines is 1. The number of hydrogen-bond donors (Lipinski definition) is 1. The van der Waals surface area contributed by atoms with Gasteiger partial charge < -0.3 is 10.5 Å². The second-order valence-electron chi connectivity index (χ2n) is 9.77. The van der Waals surface area contributed by atoms with Gasteiger partial charge in [0.2, 0.25) is 0 Å². The molecule has 27 heavy (non-hydrogen) atoms. The fourth-order valence-corrected chi connectivity index (χ4v) is 4.35. The van der Waals surface area contributed by atoms with E-state index < -0.39 is 0 Å². The summed E-state index contributed by atoms with van der Waals surface area (Å²) in [6.07, 6.45) is 11.5. The van der Waals surface area contributed by atoms with Gasteiger partial charge in [-0.2, -0.15) is 0 Å². The first-order valence-electron chi connectivity index (χ1n) is 11.1. The van der Waals surface area contributed by atoms with E-state index in [-0.39, 0.29) is 11.0 Å². The van der Waals surface area contributed by atoms with Gasteiger partial charge in [0, 0.05) is 12.3 Å². The molecule has 1 aromatic carbocycles. The zero-order valence-corrected chi connectivity index (χ0v) is 18.9. The van der Waals surface area contributed by atoms with Gasteiger partial charge in [-0.15, -0.1) is 0 Å². The molecule has 0 aliphatic heterocycles. The van der Waals surface area contributed by atoms with Crippen LogP contribution in [0, 0.1) is 11.3 Å². The molecule has 0 aliphatic rings. The Morgan fingerprint density at radius 2 is 1.44 bits per heavy atom. The summed E-state index contributed by atoms with van der Waals surface area (Å²) in [6, 6.07) is 8.21. The molecule has 2 heteroatoms. The third-order valence-corrected chi connectivity index (χ3v) is 5.79. The van der Waals surface area contributed by atoms with Crippen molar-refractivity contribution in [2.75, 3.05) is 12.3 Å². The van der Waals surface area contributed by atoms with Crippen LogP contribution >= 0.6 is 0 Å². The lowest BCUT2D eigenvalue weighted by Crippen LogP contribution is -2.42. The molecule has 0 saturated carbocycles. The minimum Gasteiger partial charge on any atom is -0.399 e. The summed E-state index contributed by atoms with van der Waals surface area (Å²) < 4.78 is 6.43. The monoisotopic (exact) mass is 375 g/mol. The van der Waals surface area contributed by atoms with Crippen LogP contribution in [0.2, 0.25) is 0 Å². The number of unbranched alkanes of at least 4 members (excludes halogenated alkanes) is 5. The van der Waals surface area contributed by atoms with Crippen LogP contribution in [0.5, 0.6) is 0 Å². The summed E-state index contributed by atoms with van der Waals surface area (Å²) in [5, 5.41) is 0. The van der Waals surface area contributed by atoms with Crippen molar-refractivity contribution in [2.24, 2.45) is 11.3 Å². The number of benzene rings is 1. The predicted octanol–water partition coefficient (Wildman–Crippen LogP) is 7.41. The minimum absolute atomic E-state index is 0.0806. The number of nitrogen functional groups attached to an aromatic ring is 1. The SMILES string of the molecule is CCCCCCCCC(C(C)(C)C)C(C)(C)OCCCc1ccc(N)cc1. The first-order valence-corrected chi connectivity index (χ1v) is 11.1. The van der Waals surface area contributed by atoms with Gasteiger partial charge in [0.15, 0.2) is 0 Å². The summed E-state index contributed by atoms with van der Waals surface area (Å²) in [5.41, 5.74) is 8.12. The Kier molecular flexibility index (Phi) is 10.4. The summed E-state index contributed by atoms with van der Waals surface area (Å²) in [7, 11) is 0. The molecule has 2 N–H and O–H groups in total. The average molecular weight is 376 g/mol. The van der Waals surface area contributed by atoms with Gasteiger partial charge in [0.05, 0.1) is 5.60 Å². The maximum atomic E-state index is 6.43. The van der Waals surface area contributed by atoms with Crippen LogP contribution in [0.25, 0.3) is 0 Å². The van der Waals surface area contributed by atoms with Crippen LogP contribution in [0.3, 0.4) is 0 Å². The standard InChI is InChI=1S/C25H45NO/c1-7-8-9-10-11-12-15-23(24(2,3)4)25(5,6)27-20-13-14-21-16-18-22(26)19-17-21/h16-19,23H,7-15,20,26H2,1-6H3. The molecule has 156 valence electrons. The van der Waals surface area contributed by atoms with E-state index in [0.29, 0.717) is 5.92 Å². The van der Waals surface area contributed by atoms with Gasteiger partial charge in [-0.05, 0) is 62.1 Å². The lowest BCUT2D eigenvalue weighted by Gasteiger charge is -2.43. The first-order chi connectivity index (χ1) is 12.7. The van der Waals surface area contributed by atoms with Crippen LogP contribution in [-0.4, -0.2) is 12.2 Å². The van der Waals surface area contributed by atoms with Gasteiger partial charge in [-0.25, -0.2) is 0 Å². The highest BCUT2D eigenvalue weighted by Crippen LogP contribution is 2.40. The lowest BCUT2D eigenvalue weighted by molar-refractivity contribution is -0.0958. The number of aryl methyl sites for hydroxylation is 1. The van der Waals surface area contributed by atoms with Crippen molar-refractivity contribution < 1.29 is 4.74 Å². The van der Waals surface area contributed by atoms with E-state index >= 15 is 0 Å². The fraction of sp³-hybridized carbons (Fsp3) is 0.760. The van der Waals surface area contributed by atoms with E-state index in [9.17, 15) is 0 Å². The maximum absolute atomic E-state index is 6.43. The van der Waals surface area contributed by atoms with Crippen molar-refractivity contribution in [1.29, 1.82) is 0 Å². The molecule has 0 aliphatic carbocycles. The van der Waals surface area contributed by atoms with Crippen molar-refractivity contribution in [3.05, 3.63) is 29.8 Å². The Hall–Kier alpha value is -1.02. The second-order valence-corrected chi connectivity index (χ2v) is 9.77. The van der Waals surface area contributed by atoms with Crippen LogP contribution in [0.1, 0.15) is 98.5 Å². The number of nitrogens with two attached hydrogens (primary N) is 1. The largest absolute Gasteiger partial charge is 0.399 e. The van der Waals surface area contributed by atoms with E-state index in [4.69, 9.17) is 10.5 Å². The third kappa shape index (κ3) is 9.65. The topological polar surface area (TPSA) is 35.2 Å². The van der Waals surface area contributed by atoms with Crippen molar-refractivity contribution >= 4 is 5.69 Å². The van der Waals surface area contributed by atoms with E-state index in [1.807, 2.05) is 12.1 Å². The third-order valence-electron chi connectivity index (χ3n) is 5.79. The molecule has 0 saturated heterocycles. The van der Waals surface area contributed by atoms with E-state index in [2.05, 4.69) is 53.7 Å². The Morgan fingerprint density at radius 3 is 2.04 bits per heavy atom. The van der Waals surface area contributed by atoms with Crippen molar-refractivity contribution in [3.8, 4) is 0 Å².